The summed E-state index contributed by atoms with van der Waals surface area (Å²) >= 11 is 1.03. The Kier molecular flexibility index (Phi) is 7.85. The standard InChI is InChI=1S/C21H23FN6O5S2/c22-17-6-1-2-7-18(17)33-13-19-25-26-21(28(19)23)34-14-20(29)24-15-4-3-5-16(12-15)35(30,31)27-8-10-32-11-9-27/h1-7,12H,8-11,13-14,23H2,(H,24,29). The van der Waals surface area contributed by atoms with E-state index in [1.807, 2.05) is 0 Å². The summed E-state index contributed by atoms with van der Waals surface area (Å²) in [6.07, 6.45) is 0. The van der Waals surface area contributed by atoms with Gasteiger partial charge in [-0.15, -0.1) is 10.2 Å². The van der Waals surface area contributed by atoms with E-state index in [-0.39, 0.29) is 53.0 Å². The van der Waals surface area contributed by atoms with Gasteiger partial charge in [0.25, 0.3) is 0 Å². The first-order valence-corrected chi connectivity index (χ1v) is 12.9. The number of morpholine rings is 1. The third-order valence-electron chi connectivity index (χ3n) is 4.99. The van der Waals surface area contributed by atoms with Gasteiger partial charge in [0.2, 0.25) is 21.1 Å². The van der Waals surface area contributed by atoms with E-state index in [0.29, 0.717) is 18.9 Å². The van der Waals surface area contributed by atoms with Crippen molar-refractivity contribution in [2.75, 3.05) is 43.2 Å². The van der Waals surface area contributed by atoms with Crippen molar-refractivity contribution in [3.05, 3.63) is 60.2 Å². The van der Waals surface area contributed by atoms with Crippen molar-refractivity contribution in [3.8, 4) is 5.75 Å². The highest BCUT2D eigenvalue weighted by Gasteiger charge is 2.26. The van der Waals surface area contributed by atoms with E-state index in [1.54, 1.807) is 24.3 Å². The van der Waals surface area contributed by atoms with E-state index in [4.69, 9.17) is 15.3 Å². The van der Waals surface area contributed by atoms with Crippen LogP contribution in [0.4, 0.5) is 10.1 Å². The predicted octanol–water partition coefficient (Wildman–Crippen LogP) is 1.46. The number of hydrogen-bond acceptors (Lipinski definition) is 9. The molecule has 3 aromatic rings. The molecule has 0 unspecified atom stereocenters. The Bertz CT molecular complexity index is 1300. The fraction of sp³-hybridized carbons (Fsp3) is 0.286. The lowest BCUT2D eigenvalue weighted by Gasteiger charge is -2.26. The zero-order valence-electron chi connectivity index (χ0n) is 18.5. The molecule has 35 heavy (non-hydrogen) atoms. The Balaban J connectivity index is 1.33. The van der Waals surface area contributed by atoms with Crippen LogP contribution in [0.15, 0.2) is 58.6 Å². The lowest BCUT2D eigenvalue weighted by molar-refractivity contribution is -0.113. The van der Waals surface area contributed by atoms with Gasteiger partial charge in [-0.3, -0.25) is 4.79 Å². The van der Waals surface area contributed by atoms with Gasteiger partial charge in [0.05, 0.1) is 23.9 Å². The maximum Gasteiger partial charge on any atom is 0.243 e. The van der Waals surface area contributed by atoms with Crippen LogP contribution in [-0.4, -0.2) is 65.6 Å². The average molecular weight is 523 g/mol. The number of aromatic nitrogens is 3. The van der Waals surface area contributed by atoms with Gasteiger partial charge in [-0.1, -0.05) is 30.0 Å². The number of rotatable bonds is 9. The molecule has 1 amide bonds. The number of sulfonamides is 1. The summed E-state index contributed by atoms with van der Waals surface area (Å²) in [6.45, 7) is 1.14. The van der Waals surface area contributed by atoms with Crippen LogP contribution in [-0.2, 0) is 26.2 Å². The fourth-order valence-electron chi connectivity index (χ4n) is 3.21. The number of thioether (sulfide) groups is 1. The highest BCUT2D eigenvalue weighted by Crippen LogP contribution is 2.22. The summed E-state index contributed by atoms with van der Waals surface area (Å²) in [5.41, 5.74) is 0.345. The lowest BCUT2D eigenvalue weighted by atomic mass is 10.3. The molecule has 3 N–H and O–H groups in total. The van der Waals surface area contributed by atoms with Crippen molar-refractivity contribution < 1.29 is 27.1 Å². The molecule has 0 saturated carbocycles. The highest BCUT2D eigenvalue weighted by atomic mass is 32.2. The monoisotopic (exact) mass is 522 g/mol. The molecule has 2 heterocycles. The predicted molar refractivity (Wildman–Crippen MR) is 126 cm³/mol. The first-order chi connectivity index (χ1) is 16.8. The molecule has 11 nitrogen and oxygen atoms in total. The molecule has 14 heteroatoms. The number of hydrogen-bond donors (Lipinski definition) is 2. The molecular weight excluding hydrogens is 499 g/mol. The maximum atomic E-state index is 13.7. The third kappa shape index (κ3) is 6.08. The molecule has 0 spiro atoms. The number of nitrogens with one attached hydrogen (secondary N) is 1. The first-order valence-electron chi connectivity index (χ1n) is 10.5. The Labute approximate surface area is 205 Å². The van der Waals surface area contributed by atoms with Crippen molar-refractivity contribution in [2.45, 2.75) is 16.7 Å². The van der Waals surface area contributed by atoms with E-state index < -0.39 is 15.8 Å². The van der Waals surface area contributed by atoms with Gasteiger partial charge in [-0.05, 0) is 30.3 Å². The second kappa shape index (κ2) is 11.0. The van der Waals surface area contributed by atoms with Gasteiger partial charge in [0.1, 0.15) is 6.61 Å². The van der Waals surface area contributed by atoms with E-state index in [2.05, 4.69) is 15.5 Å². The number of nitrogens with two attached hydrogens (primary N) is 1. The minimum Gasteiger partial charge on any atom is -0.482 e. The minimum absolute atomic E-state index is 0.0516. The lowest BCUT2D eigenvalue weighted by Crippen LogP contribution is -2.40. The van der Waals surface area contributed by atoms with Gasteiger partial charge >= 0.3 is 0 Å². The van der Waals surface area contributed by atoms with Gasteiger partial charge in [0, 0.05) is 18.8 Å². The molecule has 0 bridgehead atoms. The van der Waals surface area contributed by atoms with Crippen LogP contribution in [0, 0.1) is 5.82 Å². The van der Waals surface area contributed by atoms with Crippen LogP contribution < -0.4 is 15.9 Å². The number of benzene rings is 2. The summed E-state index contributed by atoms with van der Waals surface area (Å²) in [7, 11) is -3.68. The minimum atomic E-state index is -3.68. The van der Waals surface area contributed by atoms with Crippen molar-refractivity contribution in [2.24, 2.45) is 0 Å². The maximum absolute atomic E-state index is 13.7. The molecule has 0 radical (unpaired) electrons. The number of nitrogen functional groups attached to an aromatic ring is 1. The van der Waals surface area contributed by atoms with Crippen LogP contribution in [0.25, 0.3) is 0 Å². The van der Waals surface area contributed by atoms with Crippen molar-refractivity contribution >= 4 is 33.4 Å². The van der Waals surface area contributed by atoms with Crippen LogP contribution in [0.5, 0.6) is 5.75 Å². The van der Waals surface area contributed by atoms with Gasteiger partial charge in [0.15, 0.2) is 17.4 Å². The van der Waals surface area contributed by atoms with Gasteiger partial charge < -0.3 is 20.6 Å². The van der Waals surface area contributed by atoms with Crippen LogP contribution in [0.3, 0.4) is 0 Å². The van der Waals surface area contributed by atoms with E-state index >= 15 is 0 Å². The molecule has 1 saturated heterocycles. The molecule has 1 aliphatic heterocycles. The quantitative estimate of drug-likeness (QED) is 0.315. The van der Waals surface area contributed by atoms with E-state index in [1.165, 1.54) is 28.6 Å². The number of para-hydroxylation sites is 1. The molecule has 2 aromatic carbocycles. The third-order valence-corrected chi connectivity index (χ3v) is 7.82. The summed E-state index contributed by atoms with van der Waals surface area (Å²) in [6, 6.07) is 12.0. The molecule has 186 valence electrons. The number of halogens is 1. The molecule has 1 fully saturated rings. The fourth-order valence-corrected chi connectivity index (χ4v) is 5.34. The second-order valence-electron chi connectivity index (χ2n) is 7.37. The number of anilines is 1. The number of carbonyl (C=O) groups excluding carboxylic acids is 1. The first kappa shape index (κ1) is 24.9. The zero-order valence-corrected chi connectivity index (χ0v) is 20.1. The van der Waals surface area contributed by atoms with Crippen molar-refractivity contribution in [1.82, 2.24) is 19.2 Å². The summed E-state index contributed by atoms with van der Waals surface area (Å²) in [5, 5.41) is 10.8. The van der Waals surface area contributed by atoms with Crippen molar-refractivity contribution in [3.63, 3.8) is 0 Å². The smallest absolute Gasteiger partial charge is 0.243 e. The molecular formula is C21H23FN6O5S2. The number of nitrogens with zero attached hydrogens (tertiary/aromatic N) is 4. The summed E-state index contributed by atoms with van der Waals surface area (Å²) in [4.78, 5) is 12.5. The largest absolute Gasteiger partial charge is 0.482 e. The Morgan fingerprint density at radius 2 is 1.94 bits per heavy atom. The topological polar surface area (TPSA) is 142 Å². The molecule has 1 aliphatic rings. The van der Waals surface area contributed by atoms with Crippen LogP contribution in [0.2, 0.25) is 0 Å². The average Bonchev–Trinajstić information content (AvgIpc) is 3.22. The number of amides is 1. The summed E-state index contributed by atoms with van der Waals surface area (Å²) < 4.78 is 52.4. The van der Waals surface area contributed by atoms with Gasteiger partial charge in [-0.2, -0.15) is 4.31 Å². The SMILES string of the molecule is Nn1c(COc2ccccc2F)nnc1SCC(=O)Nc1cccc(S(=O)(=O)N2CCOCC2)c1. The van der Waals surface area contributed by atoms with Crippen LogP contribution in [0.1, 0.15) is 5.82 Å². The van der Waals surface area contributed by atoms with E-state index in [9.17, 15) is 17.6 Å². The van der Waals surface area contributed by atoms with E-state index in [0.717, 1.165) is 16.4 Å². The van der Waals surface area contributed by atoms with Gasteiger partial charge in [-0.25, -0.2) is 17.5 Å². The number of ether oxygens (including phenoxy) is 2. The van der Waals surface area contributed by atoms with Crippen LogP contribution >= 0.6 is 11.8 Å². The normalized spacial score (nSPS) is 14.5. The highest BCUT2D eigenvalue weighted by molar-refractivity contribution is 7.99. The molecule has 4 rings (SSSR count). The zero-order chi connectivity index (χ0) is 24.8. The Hall–Kier alpha value is -3.20. The van der Waals surface area contributed by atoms with Crippen molar-refractivity contribution in [1.29, 1.82) is 0 Å². The Morgan fingerprint density at radius 3 is 2.71 bits per heavy atom. The Morgan fingerprint density at radius 1 is 1.17 bits per heavy atom. The number of carbonyl (C=O) groups is 1. The molecule has 1 aromatic heterocycles. The second-order valence-corrected chi connectivity index (χ2v) is 10.2. The summed E-state index contributed by atoms with van der Waals surface area (Å²) in [5.74, 6) is 5.32. The molecule has 0 aliphatic carbocycles. The molecule has 0 atom stereocenters.